The van der Waals surface area contributed by atoms with Gasteiger partial charge in [0.05, 0.1) is 12.2 Å². The van der Waals surface area contributed by atoms with Crippen molar-refractivity contribution in [3.05, 3.63) is 50.4 Å². The zero-order chi connectivity index (χ0) is 13.1. The molecule has 2 rings (SSSR count). The molecular formula is C13H12BrClFNS. The second-order valence-electron chi connectivity index (χ2n) is 4.01. The highest BCUT2D eigenvalue weighted by Gasteiger charge is 2.09. The molecule has 0 bridgehead atoms. The van der Waals surface area contributed by atoms with Crippen LogP contribution in [-0.2, 0) is 12.4 Å². The molecule has 1 aromatic heterocycles. The molecule has 0 saturated heterocycles. The van der Waals surface area contributed by atoms with E-state index in [1.165, 1.54) is 10.9 Å². The van der Waals surface area contributed by atoms with Gasteiger partial charge in [0.25, 0.3) is 0 Å². The van der Waals surface area contributed by atoms with Gasteiger partial charge in [0.2, 0.25) is 0 Å². The molecule has 5 heteroatoms. The zero-order valence-corrected chi connectivity index (χ0v) is 12.9. The summed E-state index contributed by atoms with van der Waals surface area (Å²) in [5.41, 5.74) is 1.39. The molecule has 1 aromatic carbocycles. The maximum atomic E-state index is 13.9. The lowest BCUT2D eigenvalue weighted by atomic mass is 10.2. The molecular weight excluding hydrogens is 337 g/mol. The number of alkyl halides is 1. The predicted octanol–water partition coefficient (Wildman–Crippen LogP) is 5.02. The van der Waals surface area contributed by atoms with Crippen LogP contribution in [0.5, 0.6) is 0 Å². The van der Waals surface area contributed by atoms with Crippen LogP contribution in [-0.4, -0.2) is 7.05 Å². The van der Waals surface area contributed by atoms with E-state index < -0.39 is 0 Å². The molecule has 18 heavy (non-hydrogen) atoms. The summed E-state index contributed by atoms with van der Waals surface area (Å²) in [5, 5.41) is 2.02. The second-order valence-corrected chi connectivity index (χ2v) is 6.19. The Balaban J connectivity index is 2.15. The van der Waals surface area contributed by atoms with Gasteiger partial charge in [-0.2, -0.15) is 0 Å². The number of halogens is 3. The third-order valence-corrected chi connectivity index (χ3v) is 4.58. The fourth-order valence-corrected chi connectivity index (χ4v) is 3.37. The molecule has 0 aliphatic carbocycles. The van der Waals surface area contributed by atoms with E-state index >= 15 is 0 Å². The first kappa shape index (κ1) is 13.8. The number of rotatable bonds is 4. The molecule has 0 N–H and O–H groups in total. The van der Waals surface area contributed by atoms with Gasteiger partial charge in [0.15, 0.2) is 0 Å². The van der Waals surface area contributed by atoms with Crippen LogP contribution in [0.4, 0.5) is 10.1 Å². The van der Waals surface area contributed by atoms with E-state index in [1.54, 1.807) is 17.4 Å². The summed E-state index contributed by atoms with van der Waals surface area (Å²) in [6.07, 6.45) is 0. The maximum absolute atomic E-state index is 13.9. The SMILES string of the molecule is CN(Cc1cc(Br)cs1)c1ccc(CCl)cc1F. The summed E-state index contributed by atoms with van der Waals surface area (Å²) in [6, 6.07) is 7.16. The van der Waals surface area contributed by atoms with Gasteiger partial charge in [-0.3, -0.25) is 0 Å². The highest BCUT2D eigenvalue weighted by atomic mass is 79.9. The van der Waals surface area contributed by atoms with Crippen LogP contribution >= 0.6 is 38.9 Å². The van der Waals surface area contributed by atoms with Crippen LogP contribution in [0.15, 0.2) is 34.1 Å². The summed E-state index contributed by atoms with van der Waals surface area (Å²) in [4.78, 5) is 3.08. The fraction of sp³-hybridized carbons (Fsp3) is 0.231. The minimum Gasteiger partial charge on any atom is -0.367 e. The predicted molar refractivity (Wildman–Crippen MR) is 80.1 cm³/mol. The number of anilines is 1. The second kappa shape index (κ2) is 6.04. The molecule has 0 atom stereocenters. The van der Waals surface area contributed by atoms with Crippen LogP contribution in [0, 0.1) is 5.82 Å². The van der Waals surface area contributed by atoms with E-state index in [0.29, 0.717) is 18.1 Å². The molecule has 0 amide bonds. The normalized spacial score (nSPS) is 10.7. The zero-order valence-electron chi connectivity index (χ0n) is 9.79. The molecule has 2 aromatic rings. The third kappa shape index (κ3) is 3.25. The van der Waals surface area contributed by atoms with Crippen LogP contribution < -0.4 is 4.90 Å². The first-order valence-electron chi connectivity index (χ1n) is 5.38. The minimum absolute atomic E-state index is 0.230. The van der Waals surface area contributed by atoms with Gasteiger partial charge in [-0.25, -0.2) is 4.39 Å². The lowest BCUT2D eigenvalue weighted by Gasteiger charge is -2.19. The number of hydrogen-bond donors (Lipinski definition) is 0. The monoisotopic (exact) mass is 347 g/mol. The third-order valence-electron chi connectivity index (χ3n) is 2.59. The van der Waals surface area contributed by atoms with Crippen LogP contribution in [0.2, 0.25) is 0 Å². The standard InChI is InChI=1S/C13H12BrClFNS/c1-17(7-11-5-10(14)8-18-11)13-3-2-9(6-15)4-12(13)16/h2-5,8H,6-7H2,1H3. The van der Waals surface area contributed by atoms with Crippen molar-refractivity contribution >= 4 is 44.6 Å². The Kier molecular flexibility index (Phi) is 4.65. The lowest BCUT2D eigenvalue weighted by Crippen LogP contribution is -2.17. The number of thiophene rings is 1. The Bertz CT molecular complexity index is 544. The number of hydrogen-bond acceptors (Lipinski definition) is 2. The molecule has 0 saturated carbocycles. The molecule has 1 heterocycles. The van der Waals surface area contributed by atoms with Crippen LogP contribution in [0.1, 0.15) is 10.4 Å². The Morgan fingerprint density at radius 3 is 2.72 bits per heavy atom. The molecule has 0 aliphatic heterocycles. The summed E-state index contributed by atoms with van der Waals surface area (Å²) in [5.74, 6) is 0.102. The van der Waals surface area contributed by atoms with Gasteiger partial charge in [-0.05, 0) is 39.7 Å². The van der Waals surface area contributed by atoms with Gasteiger partial charge in [-0.15, -0.1) is 22.9 Å². The van der Waals surface area contributed by atoms with Crippen molar-refractivity contribution < 1.29 is 4.39 Å². The highest BCUT2D eigenvalue weighted by molar-refractivity contribution is 9.10. The average molecular weight is 349 g/mol. The first-order chi connectivity index (χ1) is 8.60. The van der Waals surface area contributed by atoms with Crippen LogP contribution in [0.25, 0.3) is 0 Å². The quantitative estimate of drug-likeness (QED) is 0.701. The van der Waals surface area contributed by atoms with Crippen molar-refractivity contribution in [1.29, 1.82) is 0 Å². The van der Waals surface area contributed by atoms with Gasteiger partial charge in [-0.1, -0.05) is 6.07 Å². The van der Waals surface area contributed by atoms with Gasteiger partial charge in [0.1, 0.15) is 5.82 Å². The first-order valence-corrected chi connectivity index (χ1v) is 7.59. The van der Waals surface area contributed by atoms with Crippen molar-refractivity contribution in [2.24, 2.45) is 0 Å². The van der Waals surface area contributed by atoms with Gasteiger partial charge >= 0.3 is 0 Å². The average Bonchev–Trinajstić information content (AvgIpc) is 2.74. The van der Waals surface area contributed by atoms with E-state index in [-0.39, 0.29) is 5.82 Å². The number of benzene rings is 1. The molecule has 0 spiro atoms. The Hall–Kier alpha value is -0.580. The topological polar surface area (TPSA) is 3.24 Å². The fourth-order valence-electron chi connectivity index (χ4n) is 1.70. The van der Waals surface area contributed by atoms with Gasteiger partial charge < -0.3 is 4.90 Å². The summed E-state index contributed by atoms with van der Waals surface area (Å²) >= 11 is 10.7. The Morgan fingerprint density at radius 1 is 1.39 bits per heavy atom. The van der Waals surface area contributed by atoms with Crippen molar-refractivity contribution in [3.8, 4) is 0 Å². The van der Waals surface area contributed by atoms with Crippen LogP contribution in [0.3, 0.4) is 0 Å². The van der Waals surface area contributed by atoms with Gasteiger partial charge in [0, 0.05) is 27.7 Å². The summed E-state index contributed by atoms with van der Waals surface area (Å²) in [6.45, 7) is 0.688. The number of nitrogens with zero attached hydrogens (tertiary/aromatic N) is 1. The summed E-state index contributed by atoms with van der Waals surface area (Å²) in [7, 11) is 1.88. The Labute approximate surface area is 123 Å². The van der Waals surface area contributed by atoms with E-state index in [9.17, 15) is 4.39 Å². The lowest BCUT2D eigenvalue weighted by molar-refractivity contribution is 0.621. The molecule has 0 unspecified atom stereocenters. The van der Waals surface area contributed by atoms with E-state index in [1.807, 2.05) is 29.5 Å². The van der Waals surface area contributed by atoms with Crippen molar-refractivity contribution in [2.75, 3.05) is 11.9 Å². The van der Waals surface area contributed by atoms with Crippen molar-refractivity contribution in [1.82, 2.24) is 0 Å². The van der Waals surface area contributed by atoms with Crippen molar-refractivity contribution in [2.45, 2.75) is 12.4 Å². The Morgan fingerprint density at radius 2 is 2.17 bits per heavy atom. The van der Waals surface area contributed by atoms with E-state index in [4.69, 9.17) is 11.6 Å². The largest absolute Gasteiger partial charge is 0.367 e. The van der Waals surface area contributed by atoms with E-state index in [0.717, 1.165) is 10.0 Å². The molecule has 1 nitrogen and oxygen atoms in total. The highest BCUT2D eigenvalue weighted by Crippen LogP contribution is 2.25. The smallest absolute Gasteiger partial charge is 0.146 e. The van der Waals surface area contributed by atoms with Crippen molar-refractivity contribution in [3.63, 3.8) is 0 Å². The molecule has 0 fully saturated rings. The van der Waals surface area contributed by atoms with E-state index in [2.05, 4.69) is 15.9 Å². The minimum atomic E-state index is -0.230. The maximum Gasteiger partial charge on any atom is 0.146 e. The molecule has 96 valence electrons. The molecule has 0 aliphatic rings. The molecule has 0 radical (unpaired) electrons. The summed E-state index contributed by atoms with van der Waals surface area (Å²) < 4.78 is 15.0.